The molecule has 5 aliphatic rings. The van der Waals surface area contributed by atoms with Crippen LogP contribution in [0.4, 0.5) is 0 Å². The Bertz CT molecular complexity index is 2140. The third-order valence-corrected chi connectivity index (χ3v) is 8.97. The molecule has 0 radical (unpaired) electrons. The largest absolute Gasteiger partial charge is 0.249 e. The number of aryl methyl sites for hydroxylation is 1. The van der Waals surface area contributed by atoms with Crippen LogP contribution >= 0.6 is 0 Å². The first-order valence-electron chi connectivity index (χ1n) is 17.2. The first kappa shape index (κ1) is 33.7. The van der Waals surface area contributed by atoms with E-state index in [0.717, 1.165) is 88.9 Å². The average molecular weight is 653 g/mol. The molecule has 8 bridgehead atoms. The zero-order valence-electron chi connectivity index (χ0n) is 28.0. The van der Waals surface area contributed by atoms with E-state index in [1.165, 1.54) is 22.3 Å². The van der Waals surface area contributed by atoms with Gasteiger partial charge in [0.2, 0.25) is 0 Å². The van der Waals surface area contributed by atoms with Crippen molar-refractivity contribution in [3.05, 3.63) is 124 Å². The first-order chi connectivity index (χ1) is 24.6. The summed E-state index contributed by atoms with van der Waals surface area (Å²) >= 11 is 0. The van der Waals surface area contributed by atoms with Gasteiger partial charge in [-0.3, -0.25) is 0 Å². The SMILES string of the molecule is N#CCCCc1cc(C2=CC3=CC4=NC(=CC5=NC(=CC6=NC(=CC2=N3)C=C6)C=C5)C=C4)c(CCCC#N)c(CCCC#N)c1CCCC#N. The fraction of sp³-hybridized carbons (Fsp3) is 0.286. The Morgan fingerprint density at radius 2 is 0.900 bits per heavy atom. The first-order valence-corrected chi connectivity index (χ1v) is 17.2. The van der Waals surface area contributed by atoms with Crippen LogP contribution < -0.4 is 0 Å². The van der Waals surface area contributed by atoms with Gasteiger partial charge in [0.1, 0.15) is 0 Å². The molecule has 0 fully saturated rings. The minimum absolute atomic E-state index is 0.431. The van der Waals surface area contributed by atoms with E-state index in [0.29, 0.717) is 44.9 Å². The molecule has 0 atom stereocenters. The van der Waals surface area contributed by atoms with Crippen LogP contribution in [0.5, 0.6) is 0 Å². The van der Waals surface area contributed by atoms with Gasteiger partial charge in [-0.15, -0.1) is 0 Å². The second-order valence-corrected chi connectivity index (χ2v) is 12.5. The van der Waals surface area contributed by atoms with Crippen LogP contribution in [0, 0.1) is 45.3 Å². The van der Waals surface area contributed by atoms with Crippen LogP contribution in [0.2, 0.25) is 0 Å². The standard InChI is InChI=1S/C42H36N8/c43-19-5-1-9-29-23-40(39(12-4-8-22-46)38(11-3-7-21-45)37(29)10-2-6-20-44)41-27-36-26-34-16-15-32(48-34)24-30-13-14-31(47-30)25-33-17-18-35(49-33)28-42(41)50-36/h13-18,23-28H,1-12H2. The van der Waals surface area contributed by atoms with Crippen molar-refractivity contribution in [1.82, 2.24) is 0 Å². The number of hydrogen-bond donors (Lipinski definition) is 0. The van der Waals surface area contributed by atoms with Gasteiger partial charge in [0.05, 0.1) is 69.9 Å². The molecule has 0 saturated heterocycles. The van der Waals surface area contributed by atoms with E-state index >= 15 is 0 Å². The molecule has 50 heavy (non-hydrogen) atoms. The lowest BCUT2D eigenvalue weighted by atomic mass is 9.80. The van der Waals surface area contributed by atoms with Crippen molar-refractivity contribution < 1.29 is 0 Å². The lowest BCUT2D eigenvalue weighted by Crippen LogP contribution is -2.11. The van der Waals surface area contributed by atoms with E-state index in [-0.39, 0.29) is 0 Å². The van der Waals surface area contributed by atoms with Gasteiger partial charge in [-0.1, -0.05) is 6.07 Å². The van der Waals surface area contributed by atoms with Crippen LogP contribution in [-0.4, -0.2) is 22.8 Å². The predicted octanol–water partition coefficient (Wildman–Crippen LogP) is 8.49. The quantitative estimate of drug-likeness (QED) is 0.197. The van der Waals surface area contributed by atoms with Crippen molar-refractivity contribution in [2.45, 2.75) is 77.0 Å². The molecule has 1 aromatic rings. The summed E-state index contributed by atoms with van der Waals surface area (Å²) in [7, 11) is 0. The lowest BCUT2D eigenvalue weighted by Gasteiger charge is -2.24. The number of fused-ring (bicyclic) bond motifs is 4. The minimum atomic E-state index is 0.431. The Morgan fingerprint density at radius 3 is 1.44 bits per heavy atom. The van der Waals surface area contributed by atoms with Crippen LogP contribution in [0.15, 0.2) is 116 Å². The highest BCUT2D eigenvalue weighted by Gasteiger charge is 2.25. The smallest absolute Gasteiger partial charge is 0.0737 e. The Hall–Kier alpha value is -6.22. The summed E-state index contributed by atoms with van der Waals surface area (Å²) in [6, 6.07) is 11.5. The van der Waals surface area contributed by atoms with Gasteiger partial charge in [-0.25, -0.2) is 20.0 Å². The average Bonchev–Trinajstić information content (AvgIpc) is 3.93. The summed E-state index contributed by atoms with van der Waals surface area (Å²) in [5.41, 5.74) is 13.2. The molecule has 244 valence electrons. The zero-order valence-corrected chi connectivity index (χ0v) is 28.0. The number of aliphatic imine (C=N–C) groups is 4. The molecule has 5 aliphatic heterocycles. The maximum absolute atomic E-state index is 9.49. The van der Waals surface area contributed by atoms with E-state index in [4.69, 9.17) is 20.0 Å². The number of rotatable bonds is 13. The number of benzene rings is 1. The molecule has 8 heteroatoms. The monoisotopic (exact) mass is 652 g/mol. The Morgan fingerprint density at radius 1 is 0.440 bits per heavy atom. The molecule has 0 aliphatic carbocycles. The normalized spacial score (nSPS) is 16.5. The molecule has 0 saturated carbocycles. The molecule has 0 unspecified atom stereocenters. The van der Waals surface area contributed by atoms with E-state index in [2.05, 4.69) is 36.4 Å². The summed E-state index contributed by atoms with van der Waals surface area (Å²) in [6.45, 7) is 0. The van der Waals surface area contributed by atoms with Crippen molar-refractivity contribution in [2.75, 3.05) is 0 Å². The van der Waals surface area contributed by atoms with Gasteiger partial charge < -0.3 is 0 Å². The highest BCUT2D eigenvalue weighted by Crippen LogP contribution is 2.37. The molecule has 0 aromatic heterocycles. The highest BCUT2D eigenvalue weighted by atomic mass is 14.8. The number of allylic oxidation sites excluding steroid dienone is 12. The van der Waals surface area contributed by atoms with Crippen molar-refractivity contribution in [3.63, 3.8) is 0 Å². The molecule has 1 aromatic carbocycles. The molecule has 8 nitrogen and oxygen atoms in total. The van der Waals surface area contributed by atoms with Crippen molar-refractivity contribution in [3.8, 4) is 24.3 Å². The maximum Gasteiger partial charge on any atom is 0.0737 e. The molecular formula is C42H36N8. The summed E-state index contributed by atoms with van der Waals surface area (Å²) in [6.07, 6.45) is 29.4. The van der Waals surface area contributed by atoms with Crippen molar-refractivity contribution in [1.29, 1.82) is 21.0 Å². The van der Waals surface area contributed by atoms with Gasteiger partial charge >= 0.3 is 0 Å². The van der Waals surface area contributed by atoms with Crippen molar-refractivity contribution >= 4 is 28.4 Å². The van der Waals surface area contributed by atoms with E-state index in [1.807, 2.05) is 60.8 Å². The predicted molar refractivity (Wildman–Crippen MR) is 198 cm³/mol. The van der Waals surface area contributed by atoms with Crippen LogP contribution in [0.3, 0.4) is 0 Å². The summed E-state index contributed by atoms with van der Waals surface area (Å²) in [5, 5.41) is 37.7. The number of nitrogens with zero attached hydrogens (tertiary/aromatic N) is 8. The lowest BCUT2D eigenvalue weighted by molar-refractivity contribution is 0.754. The van der Waals surface area contributed by atoms with Gasteiger partial charge in [-0.2, -0.15) is 21.0 Å². The topological polar surface area (TPSA) is 145 Å². The summed E-state index contributed by atoms with van der Waals surface area (Å²) in [4.78, 5) is 19.5. The second kappa shape index (κ2) is 16.3. The Balaban J connectivity index is 1.54. The van der Waals surface area contributed by atoms with Crippen LogP contribution in [-0.2, 0) is 25.7 Å². The Labute approximate surface area is 293 Å². The summed E-state index contributed by atoms with van der Waals surface area (Å²) in [5.74, 6) is 0. The molecule has 0 N–H and O–H groups in total. The van der Waals surface area contributed by atoms with E-state index in [9.17, 15) is 21.0 Å². The zero-order chi connectivity index (χ0) is 34.7. The summed E-state index contributed by atoms with van der Waals surface area (Å²) < 4.78 is 0. The minimum Gasteiger partial charge on any atom is -0.249 e. The molecule has 5 heterocycles. The van der Waals surface area contributed by atoms with Gasteiger partial charge in [-0.05, 0) is 146 Å². The van der Waals surface area contributed by atoms with E-state index < -0.39 is 0 Å². The molecule has 0 amide bonds. The highest BCUT2D eigenvalue weighted by molar-refractivity contribution is 6.33. The number of nitriles is 4. The molecule has 0 spiro atoms. The number of hydrogen-bond acceptors (Lipinski definition) is 8. The maximum atomic E-state index is 9.49. The van der Waals surface area contributed by atoms with Crippen LogP contribution in [0.1, 0.15) is 79.2 Å². The van der Waals surface area contributed by atoms with E-state index in [1.54, 1.807) is 0 Å². The van der Waals surface area contributed by atoms with Gasteiger partial charge in [0.15, 0.2) is 0 Å². The van der Waals surface area contributed by atoms with Crippen molar-refractivity contribution in [2.24, 2.45) is 20.0 Å². The molecular weight excluding hydrogens is 617 g/mol. The second-order valence-electron chi connectivity index (χ2n) is 12.5. The fourth-order valence-electron chi connectivity index (χ4n) is 6.75. The third-order valence-electron chi connectivity index (χ3n) is 8.97. The Kier molecular flexibility index (Phi) is 10.9. The van der Waals surface area contributed by atoms with Crippen LogP contribution in [0.25, 0.3) is 5.57 Å². The molecule has 6 rings (SSSR count). The third kappa shape index (κ3) is 8.07. The fourth-order valence-corrected chi connectivity index (χ4v) is 6.75. The van der Waals surface area contributed by atoms with Gasteiger partial charge in [0.25, 0.3) is 0 Å². The number of unbranched alkanes of at least 4 members (excludes halogenated alkanes) is 4. The van der Waals surface area contributed by atoms with Gasteiger partial charge in [0, 0.05) is 31.3 Å².